The van der Waals surface area contributed by atoms with Crippen LogP contribution in [0.1, 0.15) is 84.6 Å². The maximum Gasteiger partial charge on any atom is 0.294 e. The molecule has 26 heteroatoms. The molecule has 0 aliphatic carbocycles. The second kappa shape index (κ2) is 36.4. The van der Waals surface area contributed by atoms with Crippen LogP contribution in [0.4, 0.5) is 27.5 Å². The second-order valence-corrected chi connectivity index (χ2v) is 18.3. The number of ether oxygens (including phenoxy) is 1. The number of nitrogens with zero attached hydrogens (tertiary/aromatic N) is 6. The number of carbonyl (C=O) groups excluding carboxylic acids is 5. The van der Waals surface area contributed by atoms with Crippen molar-refractivity contribution in [2.45, 2.75) is 82.7 Å². The number of nitro groups is 2. The summed E-state index contributed by atoms with van der Waals surface area (Å²) in [5.41, 5.74) is 10.7. The Hall–Kier alpha value is -10.0. The number of aromatic nitrogens is 5. The summed E-state index contributed by atoms with van der Waals surface area (Å²) in [7, 11) is 1.97. The van der Waals surface area contributed by atoms with Crippen molar-refractivity contribution >= 4 is 133 Å². The van der Waals surface area contributed by atoms with E-state index in [0.29, 0.717) is 34.8 Å². The first-order valence-electron chi connectivity index (χ1n) is 24.8. The molecule has 85 heavy (non-hydrogen) atoms. The van der Waals surface area contributed by atoms with E-state index in [1.807, 2.05) is 79.0 Å². The minimum absolute atomic E-state index is 0. The number of amides is 1. The number of benzene rings is 5. The molecule has 1 amide bonds. The van der Waals surface area contributed by atoms with Crippen molar-refractivity contribution in [3.63, 3.8) is 0 Å². The van der Waals surface area contributed by atoms with E-state index in [0.717, 1.165) is 27.3 Å². The number of carbonyl (C=O) groups is 5. The smallest absolute Gasteiger partial charge is 0.294 e. The first-order valence-corrected chi connectivity index (χ1v) is 25.2. The van der Waals surface area contributed by atoms with E-state index >= 15 is 0 Å². The maximum absolute atomic E-state index is 11.8. The van der Waals surface area contributed by atoms with Gasteiger partial charge in [-0.05, 0) is 86.3 Å². The Morgan fingerprint density at radius 2 is 1.11 bits per heavy atom. The van der Waals surface area contributed by atoms with Crippen LogP contribution in [0, 0.1) is 31.6 Å². The molecule has 0 saturated heterocycles. The average molecular weight is 1180 g/mol. The number of nitrogen functional groups attached to an aromatic ring is 1. The van der Waals surface area contributed by atoms with Gasteiger partial charge in [-0.15, -0.1) is 0 Å². The van der Waals surface area contributed by atoms with E-state index < -0.39 is 21.5 Å². The molecule has 0 atom stereocenters. The van der Waals surface area contributed by atoms with Gasteiger partial charge in [0.15, 0.2) is 0 Å². The van der Waals surface area contributed by atoms with Crippen LogP contribution in [0.25, 0.3) is 54.5 Å². The molecule has 445 valence electrons. The number of H-pyrrole nitrogens is 2. The summed E-state index contributed by atoms with van der Waals surface area (Å²) in [6, 6.07) is 40.9. The van der Waals surface area contributed by atoms with Gasteiger partial charge in [0.1, 0.15) is 5.60 Å². The van der Waals surface area contributed by atoms with E-state index in [-0.39, 0.29) is 55.7 Å². The first-order chi connectivity index (χ1) is 39.4. The van der Waals surface area contributed by atoms with Crippen LogP contribution in [0.5, 0.6) is 0 Å². The van der Waals surface area contributed by atoms with Crippen molar-refractivity contribution < 1.29 is 53.0 Å². The Morgan fingerprint density at radius 3 is 1.60 bits per heavy atom. The van der Waals surface area contributed by atoms with E-state index in [4.69, 9.17) is 15.7 Å². The van der Waals surface area contributed by atoms with E-state index in [2.05, 4.69) is 54.8 Å². The summed E-state index contributed by atoms with van der Waals surface area (Å²) in [6.45, 7) is 14.1. The van der Waals surface area contributed by atoms with Crippen molar-refractivity contribution in [1.82, 2.24) is 23.7 Å². The molecule has 10 aromatic rings. The molecule has 0 aliphatic heterocycles. The van der Waals surface area contributed by atoms with E-state index in [1.165, 1.54) is 74.5 Å². The van der Waals surface area contributed by atoms with Gasteiger partial charge in [0, 0.05) is 69.5 Å². The van der Waals surface area contributed by atoms with Crippen molar-refractivity contribution in [3.05, 3.63) is 179 Å². The Morgan fingerprint density at radius 1 is 0.671 bits per heavy atom. The third-order valence-electron chi connectivity index (χ3n) is 10.5. The van der Waals surface area contributed by atoms with Crippen LogP contribution in [0.3, 0.4) is 0 Å². The molecule has 5 heterocycles. The van der Waals surface area contributed by atoms with Crippen LogP contribution >= 0.6 is 11.6 Å². The van der Waals surface area contributed by atoms with Gasteiger partial charge in [0.25, 0.3) is 11.4 Å². The molecule has 0 unspecified atom stereocenters. The summed E-state index contributed by atoms with van der Waals surface area (Å²) in [5, 5.41) is 35.0. The Kier molecular flexibility index (Phi) is 31.3. The number of hydrogen-bond donors (Lipinski definition) is 4. The molecule has 1 radical (unpaired) electrons. The van der Waals surface area contributed by atoms with Crippen LogP contribution in [-0.4, -0.2) is 89.3 Å². The quantitative estimate of drug-likeness (QED) is 0.0288. The number of nitrogens with two attached hydrogens (primary N) is 1. The van der Waals surface area contributed by atoms with E-state index in [1.54, 1.807) is 87.0 Å². The number of halogens is 1. The number of aromatic amines is 2. The van der Waals surface area contributed by atoms with Crippen molar-refractivity contribution in [2.24, 2.45) is 0 Å². The Balaban J connectivity index is 0.000000507. The van der Waals surface area contributed by atoms with Crippen LogP contribution < -0.4 is 11.1 Å². The Labute approximate surface area is 497 Å². The molecular weight excluding hydrogens is 1110 g/mol. The molecule has 5 aromatic carbocycles. The molecule has 5 aromatic heterocycles. The third kappa shape index (κ3) is 23.0. The number of fused-ring (bicyclic) bond motifs is 5. The monoisotopic (exact) mass is 1180 g/mol. The summed E-state index contributed by atoms with van der Waals surface area (Å²) < 4.78 is 19.0. The van der Waals surface area contributed by atoms with Crippen LogP contribution in [-0.2, 0) is 23.9 Å². The first kappa shape index (κ1) is 73.0. The molecule has 0 spiro atoms. The fourth-order valence-corrected chi connectivity index (χ4v) is 7.32. The van der Waals surface area contributed by atoms with Crippen molar-refractivity contribution in [1.29, 1.82) is 5.26 Å². The fraction of sp³-hybridized carbons (Fsp3) is 0.220. The summed E-state index contributed by atoms with van der Waals surface area (Å²) in [6.07, 6.45) is 7.34. The molecule has 23 nitrogen and oxygen atoms in total. The average Bonchev–Trinajstić information content (AvgIpc) is 2.86. The minimum atomic E-state index is -0.566. The normalized spacial score (nSPS) is 9.71. The van der Waals surface area contributed by atoms with Gasteiger partial charge in [-0.25, -0.2) is 4.79 Å². The predicted octanol–water partition coefficient (Wildman–Crippen LogP) is 14.2. The number of hydrogen-bond acceptors (Lipinski definition) is 15. The SMILES string of the molecule is C.C.CC#N.CC(=O)Cl.CC(=O)n1cc(N)c2ccccc21.CC(=O)n1cc(NC(=O)OC(C)(C)C)c2ccccc21.CC(=O)n1cc([N+](=O)[O-])c2ccccc21.C[B]OOCB=O.O=[N+]([O-])c1c[nH]c2ccccc12.c1ccc2[nH]ccc2c1. The molecule has 0 aliphatic rings. The molecule has 0 bridgehead atoms. The topological polar surface area (TPSA) is 325 Å². The number of rotatable bonds is 7. The van der Waals surface area contributed by atoms with Crippen molar-refractivity contribution in [3.8, 4) is 6.07 Å². The van der Waals surface area contributed by atoms with Gasteiger partial charge < -0.3 is 20.4 Å². The van der Waals surface area contributed by atoms with Gasteiger partial charge in [0.05, 0.1) is 72.5 Å². The molecule has 5 N–H and O–H groups in total. The largest absolute Gasteiger partial charge is 0.361 e. The van der Waals surface area contributed by atoms with Gasteiger partial charge in [0.2, 0.25) is 23.0 Å². The zero-order chi connectivity index (χ0) is 61.8. The summed E-state index contributed by atoms with van der Waals surface area (Å²) >= 11 is 4.64. The van der Waals surface area contributed by atoms with Crippen LogP contribution in [0.15, 0.2) is 158 Å². The number of para-hydroxylation sites is 5. The Bertz CT molecular complexity index is 3790. The predicted molar refractivity (Wildman–Crippen MR) is 335 cm³/mol. The van der Waals surface area contributed by atoms with Gasteiger partial charge in [-0.3, -0.25) is 58.4 Å². The maximum atomic E-state index is 11.8. The standard InChI is InChI=1S/C15H18N2O3.C10H8N2O3.C10H10N2O.C8H6N2O2.C8H7N.C2H5B2O3.C2H3ClO.C2H3N.2CH4/c1-10(18)17-9-12(11-7-5-6-8-13(11)17)16-14(19)20-15(2,3)4;1-7(13)11-6-10(12(14)15)8-4-2-3-5-9(8)11;1-7(13)12-6-9(11)8-4-2-3-5-10(8)12;11-10(12)8-5-9-7-4-2-1-3-6(7)8;1-2-4-8-7(3-1)5-6-9-8;1-3-7-6-2-4-5;1-2(3)4;1-2-3;;/h5-9H,1-4H3,(H,16,19);2-6H,1H3;2-6H,11H2,1H3;1-5,9H;1-6,9H;2H2,1H3;1H3;1H3;2*1H4. The zero-order valence-corrected chi connectivity index (χ0v) is 47.6. The second-order valence-electron chi connectivity index (χ2n) is 17.8. The molecule has 0 saturated carbocycles. The molecular formula is C59H68B2ClN10O13. The third-order valence-corrected chi connectivity index (χ3v) is 10.5. The van der Waals surface area contributed by atoms with Gasteiger partial charge in [-0.2, -0.15) is 5.26 Å². The molecule has 0 fully saturated rings. The summed E-state index contributed by atoms with van der Waals surface area (Å²) in [5.74, 6) is -0.370. The van der Waals surface area contributed by atoms with Gasteiger partial charge in [-0.1, -0.05) is 93.7 Å². The van der Waals surface area contributed by atoms with Crippen molar-refractivity contribution in [2.75, 3.05) is 17.6 Å². The summed E-state index contributed by atoms with van der Waals surface area (Å²) in [4.78, 5) is 89.7. The molecule has 10 rings (SSSR count). The number of nitrogens with one attached hydrogen (secondary N) is 3. The fourth-order valence-electron chi connectivity index (χ4n) is 7.32. The minimum Gasteiger partial charge on any atom is -0.361 e. The number of anilines is 2. The van der Waals surface area contributed by atoms with E-state index in [9.17, 15) is 48.9 Å². The van der Waals surface area contributed by atoms with Gasteiger partial charge >= 0.3 is 48.5 Å². The van der Waals surface area contributed by atoms with Crippen LogP contribution in [0.2, 0.25) is 6.82 Å². The number of nitriles is 1. The zero-order valence-electron chi connectivity index (χ0n) is 46.8.